The molecule has 0 N–H and O–H groups in total. The monoisotopic (exact) mass is 303 g/mol. The highest BCUT2D eigenvalue weighted by molar-refractivity contribution is 5.79. The third-order valence-electron chi connectivity index (χ3n) is 4.50. The summed E-state index contributed by atoms with van der Waals surface area (Å²) >= 11 is 0. The van der Waals surface area contributed by atoms with E-state index in [0.29, 0.717) is 13.2 Å². The fourth-order valence-electron chi connectivity index (χ4n) is 3.47. The second kappa shape index (κ2) is 5.67. The van der Waals surface area contributed by atoms with E-state index in [9.17, 15) is 4.79 Å². The lowest BCUT2D eigenvalue weighted by Crippen LogP contribution is -2.43. The van der Waals surface area contributed by atoms with Crippen molar-refractivity contribution >= 4 is 5.97 Å². The number of benzene rings is 1. The lowest BCUT2D eigenvalue weighted by molar-refractivity contribution is -0.168. The highest BCUT2D eigenvalue weighted by atomic mass is 16.6. The number of esters is 1. The minimum atomic E-state index is -0.484. The van der Waals surface area contributed by atoms with Crippen LogP contribution in [0.4, 0.5) is 0 Å². The van der Waals surface area contributed by atoms with E-state index in [1.54, 1.807) is 0 Å². The molecule has 2 heterocycles. The van der Waals surface area contributed by atoms with Gasteiger partial charge < -0.3 is 9.47 Å². The molecule has 2 saturated heterocycles. The maximum Gasteiger partial charge on any atom is 0.316 e. The van der Waals surface area contributed by atoms with Gasteiger partial charge in [0, 0.05) is 25.6 Å². The Bertz CT molecular complexity index is 537. The molecule has 2 aliphatic rings. The van der Waals surface area contributed by atoms with Crippen LogP contribution < -0.4 is 0 Å². The molecule has 1 aromatic rings. The zero-order valence-corrected chi connectivity index (χ0v) is 13.7. The molecule has 2 fully saturated rings. The van der Waals surface area contributed by atoms with E-state index in [0.717, 1.165) is 19.6 Å². The second-order valence-electron chi connectivity index (χ2n) is 7.53. The van der Waals surface area contributed by atoms with Crippen molar-refractivity contribution in [3.8, 4) is 0 Å². The molecule has 3 rings (SSSR count). The first-order valence-corrected chi connectivity index (χ1v) is 7.96. The summed E-state index contributed by atoms with van der Waals surface area (Å²) < 4.78 is 11.3. The van der Waals surface area contributed by atoms with Gasteiger partial charge in [-0.2, -0.15) is 0 Å². The van der Waals surface area contributed by atoms with Gasteiger partial charge in [0.15, 0.2) is 0 Å². The van der Waals surface area contributed by atoms with Gasteiger partial charge in [0.2, 0.25) is 0 Å². The van der Waals surface area contributed by atoms with Gasteiger partial charge in [0.1, 0.15) is 11.0 Å². The Morgan fingerprint density at radius 2 is 2.09 bits per heavy atom. The molecule has 0 amide bonds. The molecule has 4 nitrogen and oxygen atoms in total. The molecule has 2 atom stereocenters. The Balaban J connectivity index is 1.72. The summed E-state index contributed by atoms with van der Waals surface area (Å²) in [7, 11) is 0. The van der Waals surface area contributed by atoms with Gasteiger partial charge in [-0.15, -0.1) is 0 Å². The molecule has 0 saturated carbocycles. The standard InChI is InChI=1S/C18H25NO3/c1-17(2,3)22-16(20)18-12-19(10-15(18)11-21-13-18)9-14-7-5-4-6-8-14/h4-8,15H,9-13H2,1-3H3. The Kier molecular flexibility index (Phi) is 4.00. The molecule has 22 heavy (non-hydrogen) atoms. The summed E-state index contributed by atoms with van der Waals surface area (Å²) in [5, 5.41) is 0. The van der Waals surface area contributed by atoms with E-state index in [4.69, 9.17) is 9.47 Å². The Hall–Kier alpha value is -1.39. The molecule has 0 radical (unpaired) electrons. The van der Waals surface area contributed by atoms with Crippen LogP contribution in [0.1, 0.15) is 26.3 Å². The van der Waals surface area contributed by atoms with Crippen LogP contribution in [0.25, 0.3) is 0 Å². The number of fused-ring (bicyclic) bond motifs is 1. The first kappa shape index (κ1) is 15.5. The normalized spacial score (nSPS) is 28.6. The predicted molar refractivity (Wildman–Crippen MR) is 84.3 cm³/mol. The highest BCUT2D eigenvalue weighted by Gasteiger charge is 2.57. The van der Waals surface area contributed by atoms with Gasteiger partial charge in [-0.25, -0.2) is 0 Å². The quantitative estimate of drug-likeness (QED) is 0.804. The van der Waals surface area contributed by atoms with Crippen LogP contribution in [-0.4, -0.2) is 42.8 Å². The number of rotatable bonds is 3. The van der Waals surface area contributed by atoms with Gasteiger partial charge >= 0.3 is 5.97 Å². The smallest absolute Gasteiger partial charge is 0.316 e. The van der Waals surface area contributed by atoms with E-state index in [1.807, 2.05) is 26.8 Å². The number of hydrogen-bond acceptors (Lipinski definition) is 4. The molecule has 2 unspecified atom stereocenters. The molecule has 0 aromatic heterocycles. The van der Waals surface area contributed by atoms with Crippen molar-refractivity contribution in [1.29, 1.82) is 0 Å². The van der Waals surface area contributed by atoms with Crippen LogP contribution in [0, 0.1) is 11.3 Å². The Morgan fingerprint density at radius 1 is 1.36 bits per heavy atom. The lowest BCUT2D eigenvalue weighted by Gasteiger charge is -2.30. The summed E-state index contributed by atoms with van der Waals surface area (Å²) in [5.41, 5.74) is 0.344. The van der Waals surface area contributed by atoms with Crippen molar-refractivity contribution < 1.29 is 14.3 Å². The summed E-state index contributed by atoms with van der Waals surface area (Å²) in [4.78, 5) is 15.1. The third-order valence-corrected chi connectivity index (χ3v) is 4.50. The fraction of sp³-hybridized carbons (Fsp3) is 0.611. The number of nitrogens with zero attached hydrogens (tertiary/aromatic N) is 1. The van der Waals surface area contributed by atoms with E-state index in [1.165, 1.54) is 5.56 Å². The summed E-state index contributed by atoms with van der Waals surface area (Å²) in [6.45, 7) is 9.40. The summed E-state index contributed by atoms with van der Waals surface area (Å²) in [6, 6.07) is 10.4. The van der Waals surface area contributed by atoms with Gasteiger partial charge in [-0.05, 0) is 26.3 Å². The van der Waals surface area contributed by atoms with E-state index >= 15 is 0 Å². The predicted octanol–water partition coefficient (Wildman–Crippen LogP) is 2.48. The van der Waals surface area contributed by atoms with Crippen LogP contribution in [0.5, 0.6) is 0 Å². The zero-order chi connectivity index (χ0) is 15.8. The molecule has 1 aromatic carbocycles. The molecule has 0 bridgehead atoms. The number of carbonyl (C=O) groups excluding carboxylic acids is 1. The van der Waals surface area contributed by atoms with Gasteiger partial charge in [0.05, 0.1) is 13.2 Å². The Labute approximate surface area is 132 Å². The van der Waals surface area contributed by atoms with E-state index < -0.39 is 11.0 Å². The van der Waals surface area contributed by atoms with Crippen molar-refractivity contribution in [3.63, 3.8) is 0 Å². The summed E-state index contributed by atoms with van der Waals surface area (Å²) in [5.74, 6) is 0.143. The van der Waals surface area contributed by atoms with Crippen LogP contribution in [0.3, 0.4) is 0 Å². The molecular weight excluding hydrogens is 278 g/mol. The minimum Gasteiger partial charge on any atom is -0.459 e. The lowest BCUT2D eigenvalue weighted by atomic mass is 9.81. The number of ether oxygens (including phenoxy) is 2. The second-order valence-corrected chi connectivity index (χ2v) is 7.53. The van der Waals surface area contributed by atoms with Crippen LogP contribution in [0.15, 0.2) is 30.3 Å². The molecule has 0 spiro atoms. The third kappa shape index (κ3) is 3.03. The number of hydrogen-bond donors (Lipinski definition) is 0. The van der Waals surface area contributed by atoms with Gasteiger partial charge in [0.25, 0.3) is 0 Å². The average molecular weight is 303 g/mol. The molecule has 2 aliphatic heterocycles. The number of likely N-dealkylation sites (tertiary alicyclic amines) is 1. The van der Waals surface area contributed by atoms with Crippen LogP contribution >= 0.6 is 0 Å². The maximum absolute atomic E-state index is 12.7. The van der Waals surface area contributed by atoms with Crippen LogP contribution in [0.2, 0.25) is 0 Å². The molecule has 4 heteroatoms. The first-order valence-electron chi connectivity index (χ1n) is 7.96. The summed E-state index contributed by atoms with van der Waals surface area (Å²) in [6.07, 6.45) is 0. The SMILES string of the molecule is CC(C)(C)OC(=O)C12COCC1CN(Cc1ccccc1)C2. The largest absolute Gasteiger partial charge is 0.459 e. The fourth-order valence-corrected chi connectivity index (χ4v) is 3.47. The Morgan fingerprint density at radius 3 is 2.77 bits per heavy atom. The minimum absolute atomic E-state index is 0.0990. The highest BCUT2D eigenvalue weighted by Crippen LogP contribution is 2.43. The molecule has 120 valence electrons. The van der Waals surface area contributed by atoms with Crippen molar-refractivity contribution in [3.05, 3.63) is 35.9 Å². The van der Waals surface area contributed by atoms with Crippen LogP contribution in [-0.2, 0) is 20.8 Å². The van der Waals surface area contributed by atoms with Gasteiger partial charge in [-0.1, -0.05) is 30.3 Å². The van der Waals surface area contributed by atoms with Crippen molar-refractivity contribution in [2.24, 2.45) is 11.3 Å². The topological polar surface area (TPSA) is 38.8 Å². The maximum atomic E-state index is 12.7. The zero-order valence-electron chi connectivity index (χ0n) is 13.7. The van der Waals surface area contributed by atoms with Crippen molar-refractivity contribution in [2.75, 3.05) is 26.3 Å². The number of carbonyl (C=O) groups is 1. The van der Waals surface area contributed by atoms with Gasteiger partial charge in [-0.3, -0.25) is 9.69 Å². The van der Waals surface area contributed by atoms with E-state index in [2.05, 4.69) is 29.2 Å². The molecule has 0 aliphatic carbocycles. The van der Waals surface area contributed by atoms with Crippen molar-refractivity contribution in [1.82, 2.24) is 4.90 Å². The molecular formula is C18H25NO3. The van der Waals surface area contributed by atoms with E-state index in [-0.39, 0.29) is 11.9 Å². The first-order chi connectivity index (χ1) is 10.4. The average Bonchev–Trinajstić information content (AvgIpc) is 2.95. The van der Waals surface area contributed by atoms with Crippen molar-refractivity contribution in [2.45, 2.75) is 32.9 Å².